The van der Waals surface area contributed by atoms with Gasteiger partial charge in [0.1, 0.15) is 17.1 Å². The second kappa shape index (κ2) is 13.0. The zero-order valence-electron chi connectivity index (χ0n) is 26.6. The third kappa shape index (κ3) is 8.62. The van der Waals surface area contributed by atoms with Gasteiger partial charge in [0.2, 0.25) is 0 Å². The van der Waals surface area contributed by atoms with Gasteiger partial charge in [-0.2, -0.15) is 8.42 Å². The highest BCUT2D eigenvalue weighted by atomic mass is 32.2. The number of carbonyl (C=O) groups excluding carboxylic acids is 4. The van der Waals surface area contributed by atoms with Gasteiger partial charge in [0.05, 0.1) is 44.2 Å². The van der Waals surface area contributed by atoms with E-state index in [9.17, 15) is 27.6 Å². The highest BCUT2D eigenvalue weighted by molar-refractivity contribution is 7.86. The number of amides is 2. The Morgan fingerprint density at radius 1 is 0.814 bits per heavy atom. The fourth-order valence-corrected chi connectivity index (χ4v) is 6.92. The normalized spacial score (nSPS) is 28.3. The first-order valence-corrected chi connectivity index (χ1v) is 16.3. The Hall–Kier alpha value is -2.87. The number of piperidine rings is 1. The molecule has 0 radical (unpaired) electrons. The molecule has 4 rings (SSSR count). The number of hydrogen-bond donors (Lipinski definition) is 0. The maximum Gasteiger partial charge on any atom is 0.411 e. The van der Waals surface area contributed by atoms with Crippen LogP contribution in [0.15, 0.2) is 11.6 Å². The second-order valence-corrected chi connectivity index (χ2v) is 14.9. The molecule has 4 bridgehead atoms. The van der Waals surface area contributed by atoms with E-state index in [1.165, 1.54) is 14.2 Å². The highest BCUT2D eigenvalue weighted by Gasteiger charge is 2.55. The molecule has 14 heteroatoms. The molecule has 0 aliphatic carbocycles. The second-order valence-electron chi connectivity index (χ2n) is 13.3. The number of esters is 2. The molecule has 0 saturated carbocycles. The Balaban J connectivity index is 0.000000242. The standard InChI is InChI=1S/C15H25NO7S.C14H21NO4/c1-15(2,3)22-14(18)16-9-6-7-10(16)12(13(17)21-4)11(8-9)23-24(5,19)20;1-14(2,3)19-13(17)15-9-5-7-10(12(16)18-4)11(15)8-6-9/h9-12H,6-8H2,1-5H3;7,9,11H,5-6,8H2,1-4H3. The summed E-state index contributed by atoms with van der Waals surface area (Å²) in [5.41, 5.74) is -0.595. The van der Waals surface area contributed by atoms with E-state index in [0.717, 1.165) is 19.1 Å². The Morgan fingerprint density at radius 2 is 1.37 bits per heavy atom. The fraction of sp³-hybridized carbons (Fsp3) is 0.793. The minimum atomic E-state index is -3.73. The largest absolute Gasteiger partial charge is 0.469 e. The smallest absolute Gasteiger partial charge is 0.411 e. The van der Waals surface area contributed by atoms with Crippen LogP contribution in [0.25, 0.3) is 0 Å². The molecule has 6 atom stereocenters. The van der Waals surface area contributed by atoms with Gasteiger partial charge in [0.15, 0.2) is 0 Å². The van der Waals surface area contributed by atoms with Crippen molar-refractivity contribution in [2.45, 2.75) is 122 Å². The van der Waals surface area contributed by atoms with Crippen LogP contribution in [0.3, 0.4) is 0 Å². The molecule has 4 aliphatic rings. The molecule has 0 spiro atoms. The molecular weight excluding hydrogens is 584 g/mol. The van der Waals surface area contributed by atoms with E-state index in [1.807, 2.05) is 26.8 Å². The Labute approximate surface area is 254 Å². The van der Waals surface area contributed by atoms with Crippen LogP contribution in [0, 0.1) is 5.92 Å². The molecule has 0 N–H and O–H groups in total. The molecule has 2 amide bonds. The highest BCUT2D eigenvalue weighted by Crippen LogP contribution is 2.42. The lowest BCUT2D eigenvalue weighted by molar-refractivity contribution is -0.154. The van der Waals surface area contributed by atoms with Crippen LogP contribution in [0.5, 0.6) is 0 Å². The van der Waals surface area contributed by atoms with E-state index >= 15 is 0 Å². The number of methoxy groups -OCH3 is 2. The lowest BCUT2D eigenvalue weighted by Crippen LogP contribution is -2.57. The van der Waals surface area contributed by atoms with E-state index in [-0.39, 0.29) is 36.6 Å². The quantitative estimate of drug-likeness (QED) is 0.254. The number of rotatable bonds is 4. The van der Waals surface area contributed by atoms with Crippen LogP contribution in [-0.2, 0) is 42.8 Å². The lowest BCUT2D eigenvalue weighted by atomic mass is 9.87. The molecule has 3 fully saturated rings. The molecule has 3 saturated heterocycles. The van der Waals surface area contributed by atoms with E-state index in [4.69, 9.17) is 23.1 Å². The SMILES string of the molecule is COC(=O)C1=CCC2CCC1N2C(=O)OC(C)(C)C.COC(=O)C1C(OS(C)(=O)=O)CC2CCC1N2C(=O)OC(C)(C)C. The van der Waals surface area contributed by atoms with Crippen LogP contribution < -0.4 is 0 Å². The molecule has 0 aromatic heterocycles. The van der Waals surface area contributed by atoms with Gasteiger partial charge in [0, 0.05) is 12.1 Å². The van der Waals surface area contributed by atoms with Crippen LogP contribution in [-0.4, -0.2) is 104 Å². The van der Waals surface area contributed by atoms with Crippen molar-refractivity contribution in [3.05, 3.63) is 11.6 Å². The summed E-state index contributed by atoms with van der Waals surface area (Å²) in [6.07, 6.45) is 5.07. The number of nitrogens with zero attached hydrogens (tertiary/aromatic N) is 2. The third-order valence-corrected chi connectivity index (χ3v) is 8.34. The van der Waals surface area contributed by atoms with Gasteiger partial charge < -0.3 is 23.8 Å². The van der Waals surface area contributed by atoms with Gasteiger partial charge in [-0.1, -0.05) is 6.08 Å². The van der Waals surface area contributed by atoms with Crippen molar-refractivity contribution < 1.29 is 50.7 Å². The van der Waals surface area contributed by atoms with Gasteiger partial charge in [-0.15, -0.1) is 0 Å². The van der Waals surface area contributed by atoms with Gasteiger partial charge >= 0.3 is 24.1 Å². The van der Waals surface area contributed by atoms with E-state index in [2.05, 4.69) is 0 Å². The van der Waals surface area contributed by atoms with Gasteiger partial charge in [-0.25, -0.2) is 14.4 Å². The zero-order valence-corrected chi connectivity index (χ0v) is 27.4. The summed E-state index contributed by atoms with van der Waals surface area (Å²) in [6, 6.07) is -0.746. The van der Waals surface area contributed by atoms with Crippen molar-refractivity contribution in [2.75, 3.05) is 20.5 Å². The predicted molar refractivity (Wildman–Crippen MR) is 154 cm³/mol. The molecule has 244 valence electrons. The number of fused-ring (bicyclic) bond motifs is 4. The van der Waals surface area contributed by atoms with Crippen molar-refractivity contribution in [1.82, 2.24) is 9.80 Å². The Kier molecular flexibility index (Phi) is 10.5. The van der Waals surface area contributed by atoms with Gasteiger partial charge in [-0.3, -0.25) is 13.9 Å². The number of ether oxygens (including phenoxy) is 4. The number of hydrogen-bond acceptors (Lipinski definition) is 11. The molecule has 4 heterocycles. The van der Waals surface area contributed by atoms with Gasteiger partial charge in [0.25, 0.3) is 10.1 Å². The van der Waals surface area contributed by atoms with E-state index in [1.54, 1.807) is 30.6 Å². The maximum atomic E-state index is 12.5. The Morgan fingerprint density at radius 3 is 1.88 bits per heavy atom. The van der Waals surface area contributed by atoms with Crippen LogP contribution >= 0.6 is 0 Å². The third-order valence-electron chi connectivity index (χ3n) is 7.74. The van der Waals surface area contributed by atoms with E-state index in [0.29, 0.717) is 24.8 Å². The van der Waals surface area contributed by atoms with Crippen molar-refractivity contribution in [3.8, 4) is 0 Å². The first-order valence-electron chi connectivity index (χ1n) is 14.5. The van der Waals surface area contributed by atoms with Crippen LogP contribution in [0.1, 0.15) is 80.1 Å². The van der Waals surface area contributed by atoms with Crippen molar-refractivity contribution >= 4 is 34.2 Å². The first-order chi connectivity index (χ1) is 19.8. The summed E-state index contributed by atoms with van der Waals surface area (Å²) in [4.78, 5) is 52.0. The summed E-state index contributed by atoms with van der Waals surface area (Å²) in [5.74, 6) is -1.78. The van der Waals surface area contributed by atoms with Crippen LogP contribution in [0.2, 0.25) is 0 Å². The maximum absolute atomic E-state index is 12.5. The Bertz CT molecular complexity index is 1220. The van der Waals surface area contributed by atoms with Crippen molar-refractivity contribution in [1.29, 1.82) is 0 Å². The molecule has 4 aliphatic heterocycles. The van der Waals surface area contributed by atoms with Crippen LogP contribution in [0.4, 0.5) is 9.59 Å². The van der Waals surface area contributed by atoms with Crippen molar-refractivity contribution in [3.63, 3.8) is 0 Å². The first kappa shape index (κ1) is 34.6. The lowest BCUT2D eigenvalue weighted by Gasteiger charge is -2.42. The summed E-state index contributed by atoms with van der Waals surface area (Å²) in [6.45, 7) is 10.8. The fourth-order valence-electron chi connectivity index (χ4n) is 6.27. The van der Waals surface area contributed by atoms with Gasteiger partial charge in [-0.05, 0) is 80.1 Å². The molecule has 0 aromatic carbocycles. The molecule has 0 aromatic rings. The molecule has 43 heavy (non-hydrogen) atoms. The van der Waals surface area contributed by atoms with Crippen molar-refractivity contribution in [2.24, 2.45) is 5.92 Å². The zero-order chi connectivity index (χ0) is 32.5. The molecule has 13 nitrogen and oxygen atoms in total. The predicted octanol–water partition coefficient (Wildman–Crippen LogP) is 3.55. The monoisotopic (exact) mass is 630 g/mol. The average Bonchev–Trinajstić information content (AvgIpc) is 3.34. The summed E-state index contributed by atoms with van der Waals surface area (Å²) in [5, 5.41) is 0. The minimum absolute atomic E-state index is 0.147. The van der Waals surface area contributed by atoms with E-state index < -0.39 is 51.4 Å². The minimum Gasteiger partial charge on any atom is -0.469 e. The summed E-state index contributed by atoms with van der Waals surface area (Å²) >= 11 is 0. The number of carbonyl (C=O) groups is 4. The molecule has 6 unspecified atom stereocenters. The summed E-state index contributed by atoms with van der Waals surface area (Å²) < 4.78 is 48.6. The average molecular weight is 631 g/mol. The topological polar surface area (TPSA) is 155 Å². The molecular formula is C29H46N2O11S. The summed E-state index contributed by atoms with van der Waals surface area (Å²) in [7, 11) is -1.13.